The van der Waals surface area contributed by atoms with Gasteiger partial charge in [-0.1, -0.05) is 35.9 Å². The molecular formula is C24H23ClFN3O3S. The van der Waals surface area contributed by atoms with Gasteiger partial charge in [0.1, 0.15) is 5.82 Å². The van der Waals surface area contributed by atoms with Crippen LogP contribution in [0, 0.1) is 12.7 Å². The summed E-state index contributed by atoms with van der Waals surface area (Å²) in [4.78, 5) is 14.7. The summed E-state index contributed by atoms with van der Waals surface area (Å²) in [5.41, 5.74) is 1.75. The molecule has 1 aliphatic rings. The molecule has 1 saturated heterocycles. The molecule has 0 radical (unpaired) electrons. The zero-order valence-electron chi connectivity index (χ0n) is 18.0. The van der Waals surface area contributed by atoms with Gasteiger partial charge in [-0.25, -0.2) is 12.8 Å². The molecule has 1 N–H and O–H groups in total. The van der Waals surface area contributed by atoms with E-state index >= 15 is 0 Å². The number of amides is 1. The Labute approximate surface area is 197 Å². The molecule has 0 unspecified atom stereocenters. The van der Waals surface area contributed by atoms with Gasteiger partial charge in [0.25, 0.3) is 5.91 Å². The van der Waals surface area contributed by atoms with Crippen molar-refractivity contribution in [2.45, 2.75) is 11.8 Å². The largest absolute Gasteiger partial charge is 0.369 e. The van der Waals surface area contributed by atoms with E-state index in [0.717, 1.165) is 17.8 Å². The topological polar surface area (TPSA) is 69.7 Å². The molecular weight excluding hydrogens is 465 g/mol. The highest BCUT2D eigenvalue weighted by atomic mass is 35.5. The minimum atomic E-state index is -3.89. The molecule has 0 saturated carbocycles. The number of hydrogen-bond acceptors (Lipinski definition) is 4. The number of sulfonamides is 1. The highest BCUT2D eigenvalue weighted by Gasteiger charge is 2.30. The summed E-state index contributed by atoms with van der Waals surface area (Å²) in [5.74, 6) is -1.55. The minimum absolute atomic E-state index is 0.120. The maximum absolute atomic E-state index is 14.5. The van der Waals surface area contributed by atoms with Gasteiger partial charge < -0.3 is 10.2 Å². The lowest BCUT2D eigenvalue weighted by atomic mass is 10.1. The predicted molar refractivity (Wildman–Crippen MR) is 128 cm³/mol. The Morgan fingerprint density at radius 1 is 0.970 bits per heavy atom. The lowest BCUT2D eigenvalue weighted by Crippen LogP contribution is -2.48. The molecule has 0 atom stereocenters. The number of hydrogen-bond donors (Lipinski definition) is 1. The maximum Gasteiger partial charge on any atom is 0.258 e. The van der Waals surface area contributed by atoms with E-state index in [4.69, 9.17) is 11.6 Å². The number of nitrogens with one attached hydrogen (secondary N) is 1. The van der Waals surface area contributed by atoms with Gasteiger partial charge in [-0.3, -0.25) is 4.79 Å². The molecule has 0 aromatic heterocycles. The van der Waals surface area contributed by atoms with Crippen molar-refractivity contribution in [2.75, 3.05) is 36.4 Å². The van der Waals surface area contributed by atoms with E-state index < -0.39 is 21.7 Å². The molecule has 1 fully saturated rings. The Morgan fingerprint density at radius 3 is 2.36 bits per heavy atom. The van der Waals surface area contributed by atoms with Gasteiger partial charge in [0.05, 0.1) is 10.5 Å². The second-order valence-corrected chi connectivity index (χ2v) is 10.1. The molecule has 0 bridgehead atoms. The molecule has 0 aliphatic carbocycles. The van der Waals surface area contributed by atoms with Crippen molar-refractivity contribution in [3.05, 3.63) is 88.7 Å². The Kier molecular flexibility index (Phi) is 6.69. The van der Waals surface area contributed by atoms with E-state index in [0.29, 0.717) is 29.4 Å². The summed E-state index contributed by atoms with van der Waals surface area (Å²) in [5, 5.41) is 3.07. The lowest BCUT2D eigenvalue weighted by molar-refractivity contribution is 0.102. The first-order valence-corrected chi connectivity index (χ1v) is 12.3. The molecule has 4 rings (SSSR count). The van der Waals surface area contributed by atoms with Crippen LogP contribution in [0.5, 0.6) is 0 Å². The monoisotopic (exact) mass is 487 g/mol. The van der Waals surface area contributed by atoms with E-state index in [1.165, 1.54) is 10.4 Å². The molecule has 0 spiro atoms. The molecule has 6 nitrogen and oxygen atoms in total. The van der Waals surface area contributed by atoms with E-state index in [9.17, 15) is 17.6 Å². The molecule has 172 valence electrons. The van der Waals surface area contributed by atoms with Crippen LogP contribution >= 0.6 is 11.6 Å². The van der Waals surface area contributed by atoms with Crippen LogP contribution in [0.15, 0.2) is 71.6 Å². The number of piperazine rings is 1. The van der Waals surface area contributed by atoms with Crippen LogP contribution in [0.2, 0.25) is 5.02 Å². The fourth-order valence-corrected chi connectivity index (χ4v) is 5.37. The van der Waals surface area contributed by atoms with Crippen LogP contribution in [0.3, 0.4) is 0 Å². The summed E-state index contributed by atoms with van der Waals surface area (Å²) < 4.78 is 42.3. The van der Waals surface area contributed by atoms with E-state index in [-0.39, 0.29) is 23.5 Å². The number of halogens is 2. The zero-order chi connectivity index (χ0) is 23.6. The third-order valence-corrected chi connectivity index (χ3v) is 8.00. The number of carbonyl (C=O) groups excluding carboxylic acids is 1. The summed E-state index contributed by atoms with van der Waals surface area (Å²) in [6, 6.07) is 18.0. The third kappa shape index (κ3) is 4.88. The van der Waals surface area contributed by atoms with Gasteiger partial charge in [-0.15, -0.1) is 0 Å². The minimum Gasteiger partial charge on any atom is -0.369 e. The van der Waals surface area contributed by atoms with Crippen molar-refractivity contribution in [2.24, 2.45) is 0 Å². The summed E-state index contributed by atoms with van der Waals surface area (Å²) in [6.45, 7) is 3.37. The smallest absolute Gasteiger partial charge is 0.258 e. The van der Waals surface area contributed by atoms with Gasteiger partial charge >= 0.3 is 0 Å². The van der Waals surface area contributed by atoms with Crippen LogP contribution in [-0.2, 0) is 10.0 Å². The number of carbonyl (C=O) groups is 1. The molecule has 3 aromatic carbocycles. The van der Waals surface area contributed by atoms with E-state index in [1.807, 2.05) is 30.3 Å². The van der Waals surface area contributed by atoms with Crippen LogP contribution in [0.25, 0.3) is 0 Å². The van der Waals surface area contributed by atoms with Gasteiger partial charge in [0, 0.05) is 42.6 Å². The van der Waals surface area contributed by atoms with E-state index in [2.05, 4.69) is 10.2 Å². The normalized spacial score (nSPS) is 14.8. The Hall–Kier alpha value is -2.94. The Balaban J connectivity index is 1.53. The lowest BCUT2D eigenvalue weighted by Gasteiger charge is -2.35. The van der Waals surface area contributed by atoms with Crippen LogP contribution in [0.1, 0.15) is 15.9 Å². The summed E-state index contributed by atoms with van der Waals surface area (Å²) in [6.07, 6.45) is 0. The molecule has 1 aliphatic heterocycles. The number of rotatable bonds is 5. The first kappa shape index (κ1) is 23.2. The second kappa shape index (κ2) is 9.51. The van der Waals surface area contributed by atoms with Crippen LogP contribution in [-0.4, -0.2) is 44.8 Å². The number of benzene rings is 3. The summed E-state index contributed by atoms with van der Waals surface area (Å²) in [7, 11) is -3.89. The van der Waals surface area contributed by atoms with Crippen molar-refractivity contribution >= 4 is 38.9 Å². The van der Waals surface area contributed by atoms with E-state index in [1.54, 1.807) is 25.1 Å². The van der Waals surface area contributed by atoms with Crippen molar-refractivity contribution in [3.8, 4) is 0 Å². The van der Waals surface area contributed by atoms with Crippen molar-refractivity contribution in [3.63, 3.8) is 0 Å². The van der Waals surface area contributed by atoms with Gasteiger partial charge in [-0.05, 0) is 55.0 Å². The average Bonchev–Trinajstić information content (AvgIpc) is 2.83. The SMILES string of the molecule is Cc1c(Cl)cccc1NC(=O)c1cc(S(=O)(=O)N2CCN(c3ccccc3)CC2)ccc1F. The molecule has 1 heterocycles. The third-order valence-electron chi connectivity index (χ3n) is 5.70. The van der Waals surface area contributed by atoms with Gasteiger partial charge in [0.2, 0.25) is 10.0 Å². The average molecular weight is 488 g/mol. The first-order valence-electron chi connectivity index (χ1n) is 10.4. The molecule has 9 heteroatoms. The highest BCUT2D eigenvalue weighted by molar-refractivity contribution is 7.89. The van der Waals surface area contributed by atoms with Crippen LogP contribution < -0.4 is 10.2 Å². The zero-order valence-corrected chi connectivity index (χ0v) is 19.5. The second-order valence-electron chi connectivity index (χ2n) is 7.73. The standard InChI is InChI=1S/C24H23ClFN3O3S/c1-17-21(25)8-5-9-23(17)27-24(30)20-16-19(10-11-22(20)26)33(31,32)29-14-12-28(13-15-29)18-6-3-2-4-7-18/h2-11,16H,12-15H2,1H3,(H,27,30). The molecule has 3 aromatic rings. The van der Waals surface area contributed by atoms with Crippen molar-refractivity contribution in [1.82, 2.24) is 4.31 Å². The number of para-hydroxylation sites is 1. The Morgan fingerprint density at radius 2 is 1.67 bits per heavy atom. The fraction of sp³-hybridized carbons (Fsp3) is 0.208. The number of nitrogens with zero attached hydrogens (tertiary/aromatic N) is 2. The predicted octanol–water partition coefficient (Wildman–Crippen LogP) is 4.55. The quantitative estimate of drug-likeness (QED) is 0.573. The highest BCUT2D eigenvalue weighted by Crippen LogP contribution is 2.26. The number of anilines is 2. The van der Waals surface area contributed by atoms with Gasteiger partial charge in [-0.2, -0.15) is 4.31 Å². The van der Waals surface area contributed by atoms with Gasteiger partial charge in [0.15, 0.2) is 0 Å². The Bertz CT molecular complexity index is 1280. The maximum atomic E-state index is 14.5. The van der Waals surface area contributed by atoms with Crippen molar-refractivity contribution < 1.29 is 17.6 Å². The molecule has 33 heavy (non-hydrogen) atoms. The van der Waals surface area contributed by atoms with Crippen LogP contribution in [0.4, 0.5) is 15.8 Å². The first-order chi connectivity index (χ1) is 15.8. The summed E-state index contributed by atoms with van der Waals surface area (Å²) >= 11 is 6.08. The fourth-order valence-electron chi connectivity index (χ4n) is 3.75. The van der Waals surface area contributed by atoms with Crippen molar-refractivity contribution in [1.29, 1.82) is 0 Å². The molecule has 1 amide bonds.